The topological polar surface area (TPSA) is 50.7 Å². The molecule has 0 saturated heterocycles. The van der Waals surface area contributed by atoms with Crippen molar-refractivity contribution in [1.82, 2.24) is 5.32 Å². The molecule has 1 aromatic carbocycles. The smallest absolute Gasteiger partial charge is 0.166 e. The molecule has 22 heavy (non-hydrogen) atoms. The zero-order valence-corrected chi connectivity index (χ0v) is 14.1. The maximum atomic E-state index is 10.0. The Bertz CT molecular complexity index is 645. The summed E-state index contributed by atoms with van der Waals surface area (Å²) in [6.45, 7) is 1.82. The molecule has 1 spiro atoms. The van der Waals surface area contributed by atoms with E-state index in [1.54, 1.807) is 7.11 Å². The summed E-state index contributed by atoms with van der Waals surface area (Å²) in [6.07, 6.45) is 6.42. The van der Waals surface area contributed by atoms with Gasteiger partial charge in [-0.25, -0.2) is 0 Å². The van der Waals surface area contributed by atoms with Crippen LogP contribution in [0.4, 0.5) is 0 Å². The fourth-order valence-electron chi connectivity index (χ4n) is 4.11. The summed E-state index contributed by atoms with van der Waals surface area (Å²) in [5.41, 5.74) is 2.35. The second kappa shape index (κ2) is 5.25. The first-order chi connectivity index (χ1) is 10.7. The molecule has 3 aliphatic rings. The summed E-state index contributed by atoms with van der Waals surface area (Å²) < 4.78 is 12.9. The van der Waals surface area contributed by atoms with Crippen LogP contribution in [0, 0.1) is 0 Å². The average molecular weight is 366 g/mol. The number of ether oxygens (including phenoxy) is 2. The van der Waals surface area contributed by atoms with Gasteiger partial charge in [-0.15, -0.1) is 0 Å². The zero-order chi connectivity index (χ0) is 15.3. The number of nitrogens with one attached hydrogen (secondary N) is 1. The van der Waals surface area contributed by atoms with Crippen molar-refractivity contribution in [3.63, 3.8) is 0 Å². The predicted octanol–water partition coefficient (Wildman–Crippen LogP) is 2.66. The van der Waals surface area contributed by atoms with Crippen LogP contribution in [0.3, 0.4) is 0 Å². The number of hydrogen-bond donors (Lipinski definition) is 2. The van der Waals surface area contributed by atoms with Crippen LogP contribution in [0.5, 0.6) is 11.5 Å². The van der Waals surface area contributed by atoms with Crippen LogP contribution in [0.15, 0.2) is 22.7 Å². The van der Waals surface area contributed by atoms with Crippen molar-refractivity contribution in [3.8, 4) is 11.5 Å². The van der Waals surface area contributed by atoms with Crippen molar-refractivity contribution in [2.45, 2.75) is 43.4 Å². The van der Waals surface area contributed by atoms with Crippen molar-refractivity contribution < 1.29 is 14.6 Å². The van der Waals surface area contributed by atoms with E-state index in [0.29, 0.717) is 6.42 Å². The van der Waals surface area contributed by atoms with Crippen LogP contribution in [0.25, 0.3) is 0 Å². The van der Waals surface area contributed by atoms with Crippen LogP contribution >= 0.6 is 15.9 Å². The molecule has 4 nitrogen and oxygen atoms in total. The molecule has 3 atom stereocenters. The molecule has 2 aliphatic heterocycles. The second-order valence-electron chi connectivity index (χ2n) is 6.33. The summed E-state index contributed by atoms with van der Waals surface area (Å²) in [6, 6.07) is 1.99. The first-order valence-electron chi connectivity index (χ1n) is 7.80. The molecule has 0 aromatic heterocycles. The Morgan fingerprint density at radius 1 is 1.50 bits per heavy atom. The summed E-state index contributed by atoms with van der Waals surface area (Å²) in [4.78, 5) is 0. The second-order valence-corrected chi connectivity index (χ2v) is 7.19. The van der Waals surface area contributed by atoms with Crippen LogP contribution in [-0.4, -0.2) is 31.0 Å². The minimum Gasteiger partial charge on any atom is -0.493 e. The van der Waals surface area contributed by atoms with Gasteiger partial charge in [0.1, 0.15) is 6.10 Å². The number of methoxy groups -OCH3 is 1. The third-order valence-electron chi connectivity index (χ3n) is 5.14. The Labute approximate surface area is 138 Å². The van der Waals surface area contributed by atoms with Crippen molar-refractivity contribution >= 4 is 15.9 Å². The van der Waals surface area contributed by atoms with Gasteiger partial charge in [0.15, 0.2) is 11.5 Å². The highest BCUT2D eigenvalue weighted by Gasteiger charge is 2.52. The maximum Gasteiger partial charge on any atom is 0.166 e. The molecule has 0 amide bonds. The van der Waals surface area contributed by atoms with E-state index in [9.17, 15) is 5.11 Å². The summed E-state index contributed by atoms with van der Waals surface area (Å²) in [5.74, 6) is 1.62. The molecule has 2 N–H and O–H groups in total. The third-order valence-corrected chi connectivity index (χ3v) is 5.84. The molecular formula is C17H20BrNO3. The van der Waals surface area contributed by atoms with E-state index in [1.807, 2.05) is 12.1 Å². The molecule has 1 aliphatic carbocycles. The molecule has 1 aromatic rings. The predicted molar refractivity (Wildman–Crippen MR) is 87.5 cm³/mol. The van der Waals surface area contributed by atoms with Crippen LogP contribution in [0.1, 0.15) is 30.4 Å². The Kier molecular flexibility index (Phi) is 3.47. The van der Waals surface area contributed by atoms with Crippen LogP contribution < -0.4 is 14.8 Å². The Hall–Kier alpha value is -1.04. The van der Waals surface area contributed by atoms with Crippen LogP contribution in [-0.2, 0) is 12.0 Å². The molecule has 5 heteroatoms. The minimum absolute atomic E-state index is 0.0115. The van der Waals surface area contributed by atoms with E-state index in [-0.39, 0.29) is 11.5 Å². The van der Waals surface area contributed by atoms with E-state index in [2.05, 4.69) is 27.3 Å². The van der Waals surface area contributed by atoms with E-state index in [0.717, 1.165) is 41.9 Å². The third kappa shape index (κ3) is 1.95. The Morgan fingerprint density at radius 2 is 2.36 bits per heavy atom. The van der Waals surface area contributed by atoms with Crippen LogP contribution in [0.2, 0.25) is 0 Å². The van der Waals surface area contributed by atoms with Crippen molar-refractivity contribution in [3.05, 3.63) is 33.8 Å². The van der Waals surface area contributed by atoms with Gasteiger partial charge in [-0.1, -0.05) is 28.1 Å². The Balaban J connectivity index is 1.99. The first kappa shape index (κ1) is 14.5. The minimum atomic E-state index is -0.425. The summed E-state index contributed by atoms with van der Waals surface area (Å²) in [5, 5.41) is 13.5. The van der Waals surface area contributed by atoms with Crippen molar-refractivity contribution in [1.29, 1.82) is 0 Å². The standard InChI is InChI=1S/C17H20BrNO3/c1-21-13-8-12(18)11-9-19-6-2-4-17-5-3-10(20)7-14(17)22-16(13)15(11)17/h3,5,8,10,14,19-20H,2,4,6-7,9H2,1H3/t10-,14-,17+/m0/s1. The van der Waals surface area contributed by atoms with E-state index in [4.69, 9.17) is 9.47 Å². The maximum absolute atomic E-state index is 10.0. The molecule has 0 saturated carbocycles. The molecule has 0 unspecified atom stereocenters. The molecule has 118 valence electrons. The monoisotopic (exact) mass is 365 g/mol. The van der Waals surface area contributed by atoms with Gasteiger partial charge in [0.25, 0.3) is 0 Å². The highest BCUT2D eigenvalue weighted by atomic mass is 79.9. The van der Waals surface area contributed by atoms with Gasteiger partial charge in [-0.2, -0.15) is 0 Å². The fraction of sp³-hybridized carbons (Fsp3) is 0.529. The van der Waals surface area contributed by atoms with Gasteiger partial charge in [0.05, 0.1) is 18.6 Å². The largest absolute Gasteiger partial charge is 0.493 e. The number of benzene rings is 1. The van der Waals surface area contributed by atoms with E-state index < -0.39 is 6.10 Å². The quantitative estimate of drug-likeness (QED) is 0.751. The molecule has 2 heterocycles. The van der Waals surface area contributed by atoms with E-state index in [1.165, 1.54) is 11.1 Å². The molecule has 0 fully saturated rings. The number of hydrogen-bond acceptors (Lipinski definition) is 4. The highest BCUT2D eigenvalue weighted by molar-refractivity contribution is 9.10. The molecule has 0 bridgehead atoms. The van der Waals surface area contributed by atoms with Gasteiger partial charge in [-0.05, 0) is 31.0 Å². The lowest BCUT2D eigenvalue weighted by molar-refractivity contribution is 0.0835. The lowest BCUT2D eigenvalue weighted by Crippen LogP contribution is -2.43. The number of aliphatic hydroxyl groups excluding tert-OH is 1. The van der Waals surface area contributed by atoms with Gasteiger partial charge in [0.2, 0.25) is 0 Å². The normalized spacial score (nSPS) is 32.5. The van der Waals surface area contributed by atoms with Gasteiger partial charge >= 0.3 is 0 Å². The van der Waals surface area contributed by atoms with Gasteiger partial charge in [0, 0.05) is 23.0 Å². The summed E-state index contributed by atoms with van der Waals surface area (Å²) in [7, 11) is 1.68. The lowest BCUT2D eigenvalue weighted by Gasteiger charge is -2.37. The number of rotatable bonds is 1. The fourth-order valence-corrected chi connectivity index (χ4v) is 4.65. The number of aliphatic hydroxyl groups is 1. The molecule has 4 rings (SSSR count). The summed E-state index contributed by atoms with van der Waals surface area (Å²) >= 11 is 3.70. The highest BCUT2D eigenvalue weighted by Crippen LogP contribution is 2.56. The van der Waals surface area contributed by atoms with Crippen molar-refractivity contribution in [2.24, 2.45) is 0 Å². The lowest BCUT2D eigenvalue weighted by atomic mass is 9.67. The number of halogens is 1. The average Bonchev–Trinajstić information content (AvgIpc) is 2.79. The van der Waals surface area contributed by atoms with Crippen molar-refractivity contribution in [2.75, 3.05) is 13.7 Å². The first-order valence-corrected chi connectivity index (χ1v) is 8.59. The molecular weight excluding hydrogens is 346 g/mol. The van der Waals surface area contributed by atoms with Gasteiger partial charge in [-0.3, -0.25) is 0 Å². The Morgan fingerprint density at radius 3 is 3.18 bits per heavy atom. The zero-order valence-electron chi connectivity index (χ0n) is 12.6. The van der Waals surface area contributed by atoms with Gasteiger partial charge < -0.3 is 19.9 Å². The van der Waals surface area contributed by atoms with E-state index >= 15 is 0 Å². The molecule has 0 radical (unpaired) electrons. The SMILES string of the molecule is COc1cc(Br)c2c3c1O[C@H]1C[C@@H](O)C=C[C@@]31CCCNC2.